The van der Waals surface area contributed by atoms with Crippen molar-refractivity contribution in [1.29, 1.82) is 0 Å². The molecule has 0 saturated carbocycles. The molecule has 2 atom stereocenters. The van der Waals surface area contributed by atoms with Crippen LogP contribution in [0.3, 0.4) is 0 Å². The Morgan fingerprint density at radius 2 is 2.07 bits per heavy atom. The molecule has 1 rings (SSSR count). The Hall–Kier alpha value is -0.580. The van der Waals surface area contributed by atoms with Crippen molar-refractivity contribution < 1.29 is 9.00 Å². The van der Waals surface area contributed by atoms with Crippen LogP contribution in [0.15, 0.2) is 0 Å². The lowest BCUT2D eigenvalue weighted by molar-refractivity contribution is 0.209. The summed E-state index contributed by atoms with van der Waals surface area (Å²) in [5.74, 6) is 0. The third-order valence-corrected chi connectivity index (χ3v) is 3.80. The quantitative estimate of drug-likeness (QED) is 0.752. The average molecular weight is 218 g/mol. The van der Waals surface area contributed by atoms with Gasteiger partial charge in [-0.2, -0.15) is 0 Å². The normalized spacial score (nSPS) is 20.6. The lowest BCUT2D eigenvalue weighted by Crippen LogP contribution is -2.41. The molecular formula is C9H18N2O2S. The maximum Gasteiger partial charge on any atom is 0.317 e. The summed E-state index contributed by atoms with van der Waals surface area (Å²) in [6.45, 7) is 4.09. The first-order valence-electron chi connectivity index (χ1n) is 4.96. The Morgan fingerprint density at radius 1 is 1.50 bits per heavy atom. The van der Waals surface area contributed by atoms with E-state index >= 15 is 0 Å². The van der Waals surface area contributed by atoms with E-state index in [-0.39, 0.29) is 11.3 Å². The minimum Gasteiger partial charge on any atom is -0.337 e. The molecular weight excluding hydrogens is 200 g/mol. The molecule has 1 aliphatic rings. The third kappa shape index (κ3) is 3.29. The molecule has 0 bridgehead atoms. The summed E-state index contributed by atoms with van der Waals surface area (Å²) in [6.07, 6.45) is 3.86. The summed E-state index contributed by atoms with van der Waals surface area (Å²) in [4.78, 5) is 13.3. The number of carbonyl (C=O) groups is 1. The number of nitrogens with zero attached hydrogens (tertiary/aromatic N) is 1. The summed E-state index contributed by atoms with van der Waals surface area (Å²) in [7, 11) is -0.861. The second kappa shape index (κ2) is 5.34. The van der Waals surface area contributed by atoms with Crippen LogP contribution < -0.4 is 5.32 Å². The van der Waals surface area contributed by atoms with Crippen molar-refractivity contribution in [1.82, 2.24) is 10.2 Å². The molecule has 5 heteroatoms. The van der Waals surface area contributed by atoms with E-state index in [2.05, 4.69) is 5.32 Å². The summed E-state index contributed by atoms with van der Waals surface area (Å²) in [6, 6.07) is -0.0141. The van der Waals surface area contributed by atoms with Gasteiger partial charge in [0.25, 0.3) is 0 Å². The molecule has 2 unspecified atom stereocenters. The lowest BCUT2D eigenvalue weighted by Gasteiger charge is -2.17. The summed E-state index contributed by atoms with van der Waals surface area (Å²) < 4.78 is 11.0. The van der Waals surface area contributed by atoms with E-state index in [1.54, 1.807) is 6.26 Å². The van der Waals surface area contributed by atoms with Gasteiger partial charge in [0.15, 0.2) is 0 Å². The molecule has 0 spiro atoms. The van der Waals surface area contributed by atoms with Crippen LogP contribution in [0.2, 0.25) is 0 Å². The fraction of sp³-hybridized carbons (Fsp3) is 0.889. The van der Waals surface area contributed by atoms with Gasteiger partial charge in [-0.05, 0) is 19.8 Å². The molecule has 1 saturated heterocycles. The maximum absolute atomic E-state index is 11.5. The fourth-order valence-corrected chi connectivity index (χ4v) is 1.70. The van der Waals surface area contributed by atoms with E-state index in [9.17, 15) is 9.00 Å². The van der Waals surface area contributed by atoms with Gasteiger partial charge in [0.05, 0.1) is 0 Å². The molecule has 0 aromatic rings. The standard InChI is InChI=1S/C9H18N2O2S/c1-8(14(2)13)7-10-9(12)11-5-3-4-6-11/h8H,3-7H2,1-2H3,(H,10,12). The van der Waals surface area contributed by atoms with E-state index in [0.717, 1.165) is 25.9 Å². The third-order valence-electron chi connectivity index (χ3n) is 2.50. The number of carbonyl (C=O) groups excluding carboxylic acids is 1. The maximum atomic E-state index is 11.5. The molecule has 1 N–H and O–H groups in total. The Bertz CT molecular complexity index is 227. The predicted molar refractivity (Wildman–Crippen MR) is 57.7 cm³/mol. The van der Waals surface area contributed by atoms with E-state index in [1.165, 1.54) is 0 Å². The van der Waals surface area contributed by atoms with Gasteiger partial charge in [-0.1, -0.05) is 0 Å². The molecule has 82 valence electrons. The Balaban J connectivity index is 2.23. The second-order valence-electron chi connectivity index (χ2n) is 3.69. The summed E-state index contributed by atoms with van der Waals surface area (Å²) in [5, 5.41) is 2.83. The zero-order chi connectivity index (χ0) is 10.6. The van der Waals surface area contributed by atoms with Crippen LogP contribution in [-0.4, -0.2) is 46.3 Å². The van der Waals surface area contributed by atoms with Crippen LogP contribution >= 0.6 is 0 Å². The molecule has 0 aliphatic carbocycles. The van der Waals surface area contributed by atoms with Crippen LogP contribution in [0.1, 0.15) is 19.8 Å². The van der Waals surface area contributed by atoms with Crippen molar-refractivity contribution in [2.75, 3.05) is 25.9 Å². The van der Waals surface area contributed by atoms with Crippen molar-refractivity contribution in [2.45, 2.75) is 25.0 Å². The minimum absolute atomic E-state index is 0.0141. The van der Waals surface area contributed by atoms with Gasteiger partial charge < -0.3 is 10.2 Å². The van der Waals surface area contributed by atoms with E-state index < -0.39 is 10.8 Å². The number of hydrogen-bond acceptors (Lipinski definition) is 2. The number of urea groups is 1. The Kier molecular flexibility index (Phi) is 4.38. The lowest BCUT2D eigenvalue weighted by atomic mass is 10.4. The van der Waals surface area contributed by atoms with Gasteiger partial charge >= 0.3 is 6.03 Å². The number of nitrogens with one attached hydrogen (secondary N) is 1. The van der Waals surface area contributed by atoms with Gasteiger partial charge in [0, 0.05) is 41.9 Å². The molecule has 1 heterocycles. The molecule has 0 aromatic heterocycles. The molecule has 0 aromatic carbocycles. The fourth-order valence-electron chi connectivity index (χ4n) is 1.38. The Labute approximate surface area is 87.5 Å². The van der Waals surface area contributed by atoms with Crippen molar-refractivity contribution >= 4 is 16.8 Å². The van der Waals surface area contributed by atoms with Gasteiger partial charge in [-0.3, -0.25) is 4.21 Å². The summed E-state index contributed by atoms with van der Waals surface area (Å²) >= 11 is 0. The molecule has 2 amide bonds. The largest absolute Gasteiger partial charge is 0.337 e. The van der Waals surface area contributed by atoms with Crippen LogP contribution in [0, 0.1) is 0 Å². The molecule has 4 nitrogen and oxygen atoms in total. The topological polar surface area (TPSA) is 49.4 Å². The second-order valence-corrected chi connectivity index (χ2v) is 5.49. The minimum atomic E-state index is -0.861. The average Bonchev–Trinajstić information content (AvgIpc) is 2.66. The first kappa shape index (κ1) is 11.5. The van der Waals surface area contributed by atoms with Crippen molar-refractivity contribution in [2.24, 2.45) is 0 Å². The van der Waals surface area contributed by atoms with Crippen LogP contribution in [0.5, 0.6) is 0 Å². The van der Waals surface area contributed by atoms with Crippen molar-refractivity contribution in [3.05, 3.63) is 0 Å². The van der Waals surface area contributed by atoms with Crippen molar-refractivity contribution in [3.8, 4) is 0 Å². The molecule has 14 heavy (non-hydrogen) atoms. The highest BCUT2D eigenvalue weighted by Gasteiger charge is 2.18. The van der Waals surface area contributed by atoms with Crippen LogP contribution in [0.4, 0.5) is 4.79 Å². The predicted octanol–water partition coefficient (Wildman–Crippen LogP) is 0.559. The van der Waals surface area contributed by atoms with Crippen LogP contribution in [0.25, 0.3) is 0 Å². The number of likely N-dealkylation sites (tertiary alicyclic amines) is 1. The molecule has 1 aliphatic heterocycles. The summed E-state index contributed by atoms with van der Waals surface area (Å²) in [5.41, 5.74) is 0. The number of hydrogen-bond donors (Lipinski definition) is 1. The van der Waals surface area contributed by atoms with Gasteiger partial charge in [0.2, 0.25) is 0 Å². The van der Waals surface area contributed by atoms with Crippen molar-refractivity contribution in [3.63, 3.8) is 0 Å². The van der Waals surface area contributed by atoms with Crippen LogP contribution in [-0.2, 0) is 10.8 Å². The molecule has 1 fully saturated rings. The number of amides is 2. The Morgan fingerprint density at radius 3 is 2.57 bits per heavy atom. The zero-order valence-corrected chi connectivity index (χ0v) is 9.60. The highest BCUT2D eigenvalue weighted by atomic mass is 32.2. The number of rotatable bonds is 3. The monoisotopic (exact) mass is 218 g/mol. The van der Waals surface area contributed by atoms with Gasteiger partial charge in [0.1, 0.15) is 0 Å². The van der Waals surface area contributed by atoms with E-state index in [1.807, 2.05) is 11.8 Å². The zero-order valence-electron chi connectivity index (χ0n) is 8.78. The first-order chi connectivity index (χ1) is 6.61. The smallest absolute Gasteiger partial charge is 0.317 e. The van der Waals surface area contributed by atoms with E-state index in [4.69, 9.17) is 0 Å². The van der Waals surface area contributed by atoms with Gasteiger partial charge in [-0.15, -0.1) is 0 Å². The first-order valence-corrected chi connectivity index (χ1v) is 6.58. The SMILES string of the molecule is CC(CNC(=O)N1CCCC1)S(C)=O. The highest BCUT2D eigenvalue weighted by molar-refractivity contribution is 7.84. The molecule has 0 radical (unpaired) electrons. The van der Waals surface area contributed by atoms with Gasteiger partial charge in [-0.25, -0.2) is 4.79 Å². The highest BCUT2D eigenvalue weighted by Crippen LogP contribution is 2.06. The van der Waals surface area contributed by atoms with E-state index in [0.29, 0.717) is 6.54 Å².